The smallest absolute Gasteiger partial charge is 0.175 e. The summed E-state index contributed by atoms with van der Waals surface area (Å²) in [6.07, 6.45) is 4.08. The van der Waals surface area contributed by atoms with E-state index in [0.29, 0.717) is 22.0 Å². The fraction of sp³-hybridized carbons (Fsp3) is 0.438. The maximum Gasteiger partial charge on any atom is 0.175 e. The third-order valence-corrected chi connectivity index (χ3v) is 3.90. The topological polar surface area (TPSA) is 52.0 Å². The number of rotatable bonds is 6. The van der Waals surface area contributed by atoms with Gasteiger partial charge in [-0.1, -0.05) is 43.4 Å². The van der Waals surface area contributed by atoms with Crippen LogP contribution < -0.4 is 5.73 Å². The summed E-state index contributed by atoms with van der Waals surface area (Å²) in [5, 5.41) is 4.21. The van der Waals surface area contributed by atoms with Crippen LogP contribution in [-0.4, -0.2) is 5.16 Å². The molecule has 0 saturated carbocycles. The molecule has 2 N–H and O–H groups in total. The highest BCUT2D eigenvalue weighted by atomic mass is 35.5. The Kier molecular flexibility index (Phi) is 5.23. The van der Waals surface area contributed by atoms with Gasteiger partial charge in [-0.15, -0.1) is 0 Å². The molecule has 5 heteroatoms. The summed E-state index contributed by atoms with van der Waals surface area (Å²) in [4.78, 5) is 0. The first-order valence-electron chi connectivity index (χ1n) is 7.28. The fourth-order valence-corrected chi connectivity index (χ4v) is 2.92. The Labute approximate surface area is 129 Å². The zero-order valence-corrected chi connectivity index (χ0v) is 13.1. The van der Waals surface area contributed by atoms with E-state index in [9.17, 15) is 4.39 Å². The third kappa shape index (κ3) is 3.38. The van der Waals surface area contributed by atoms with Crippen molar-refractivity contribution in [2.75, 3.05) is 5.73 Å². The van der Waals surface area contributed by atoms with Crippen LogP contribution in [0.3, 0.4) is 0 Å². The number of halogens is 2. The van der Waals surface area contributed by atoms with Gasteiger partial charge in [0, 0.05) is 11.5 Å². The van der Waals surface area contributed by atoms with E-state index in [-0.39, 0.29) is 11.7 Å². The van der Waals surface area contributed by atoms with E-state index in [4.69, 9.17) is 21.9 Å². The van der Waals surface area contributed by atoms with E-state index in [2.05, 4.69) is 19.0 Å². The number of anilines is 1. The molecule has 2 aromatic rings. The van der Waals surface area contributed by atoms with Gasteiger partial charge in [-0.2, -0.15) is 0 Å². The summed E-state index contributed by atoms with van der Waals surface area (Å²) in [5.41, 5.74) is 7.32. The molecule has 0 aliphatic heterocycles. The van der Waals surface area contributed by atoms with Gasteiger partial charge in [0.15, 0.2) is 5.82 Å². The SMILES string of the molecule is CCCC(CCC)c1onc(N)c1-c1ccc(F)cc1Cl. The van der Waals surface area contributed by atoms with E-state index >= 15 is 0 Å². The average Bonchev–Trinajstić information content (AvgIpc) is 2.80. The van der Waals surface area contributed by atoms with Gasteiger partial charge >= 0.3 is 0 Å². The summed E-state index contributed by atoms with van der Waals surface area (Å²) in [7, 11) is 0. The standard InChI is InChI=1S/C16H20ClFN2O/c1-3-5-10(6-4-2)15-14(16(19)20-21-15)12-8-7-11(18)9-13(12)17/h7-10H,3-6H2,1-2H3,(H2,19,20). The highest BCUT2D eigenvalue weighted by Crippen LogP contribution is 2.40. The van der Waals surface area contributed by atoms with Crippen molar-refractivity contribution < 1.29 is 8.91 Å². The van der Waals surface area contributed by atoms with Crippen molar-refractivity contribution in [3.8, 4) is 11.1 Å². The van der Waals surface area contributed by atoms with Crippen LogP contribution in [0.5, 0.6) is 0 Å². The second-order valence-corrected chi connectivity index (χ2v) is 5.61. The first-order chi connectivity index (χ1) is 10.1. The molecule has 0 atom stereocenters. The monoisotopic (exact) mass is 310 g/mol. The van der Waals surface area contributed by atoms with Crippen LogP contribution in [0.1, 0.15) is 51.2 Å². The van der Waals surface area contributed by atoms with Gasteiger partial charge in [0.25, 0.3) is 0 Å². The summed E-state index contributed by atoms with van der Waals surface area (Å²) in [6, 6.07) is 4.27. The Bertz CT molecular complexity index is 606. The van der Waals surface area contributed by atoms with Crippen molar-refractivity contribution >= 4 is 17.4 Å². The van der Waals surface area contributed by atoms with Crippen LogP contribution in [0.25, 0.3) is 11.1 Å². The minimum absolute atomic E-state index is 0.251. The molecule has 21 heavy (non-hydrogen) atoms. The van der Waals surface area contributed by atoms with Crippen LogP contribution in [0.15, 0.2) is 22.7 Å². The molecule has 0 unspecified atom stereocenters. The van der Waals surface area contributed by atoms with Gasteiger partial charge in [0.2, 0.25) is 0 Å². The molecule has 114 valence electrons. The number of hydrogen-bond donors (Lipinski definition) is 1. The van der Waals surface area contributed by atoms with Crippen molar-refractivity contribution in [1.29, 1.82) is 0 Å². The maximum atomic E-state index is 13.2. The number of nitrogens with two attached hydrogens (primary N) is 1. The summed E-state index contributed by atoms with van der Waals surface area (Å²) >= 11 is 6.16. The first kappa shape index (κ1) is 15.8. The molecular weight excluding hydrogens is 291 g/mol. The van der Waals surface area contributed by atoms with Gasteiger partial charge in [0.1, 0.15) is 11.6 Å². The van der Waals surface area contributed by atoms with Crippen LogP contribution in [0.2, 0.25) is 5.02 Å². The number of nitrogens with zero attached hydrogens (tertiary/aromatic N) is 1. The van der Waals surface area contributed by atoms with Gasteiger partial charge in [-0.05, 0) is 31.0 Å². The first-order valence-corrected chi connectivity index (χ1v) is 7.66. The molecule has 1 aromatic heterocycles. The minimum atomic E-state index is -0.376. The maximum absolute atomic E-state index is 13.2. The summed E-state index contributed by atoms with van der Waals surface area (Å²) in [5.74, 6) is 0.931. The Hall–Kier alpha value is -1.55. The molecule has 0 aliphatic carbocycles. The molecule has 0 spiro atoms. The van der Waals surface area contributed by atoms with Crippen molar-refractivity contribution in [3.05, 3.63) is 34.8 Å². The molecule has 0 amide bonds. The van der Waals surface area contributed by atoms with E-state index in [0.717, 1.165) is 31.4 Å². The van der Waals surface area contributed by atoms with Gasteiger partial charge in [-0.25, -0.2) is 4.39 Å². The normalized spacial score (nSPS) is 11.3. The quantitative estimate of drug-likeness (QED) is 0.777. The average molecular weight is 311 g/mol. The minimum Gasteiger partial charge on any atom is -0.380 e. The highest BCUT2D eigenvalue weighted by Gasteiger charge is 2.24. The van der Waals surface area contributed by atoms with Gasteiger partial charge in [0.05, 0.1) is 10.6 Å². The van der Waals surface area contributed by atoms with Crippen LogP contribution in [0, 0.1) is 5.82 Å². The lowest BCUT2D eigenvalue weighted by molar-refractivity contribution is 0.346. The molecular formula is C16H20ClFN2O. The van der Waals surface area contributed by atoms with Gasteiger partial charge in [-0.3, -0.25) is 0 Å². The molecule has 1 aromatic carbocycles. The largest absolute Gasteiger partial charge is 0.380 e. The van der Waals surface area contributed by atoms with Crippen molar-refractivity contribution in [3.63, 3.8) is 0 Å². The van der Waals surface area contributed by atoms with Crippen LogP contribution in [0.4, 0.5) is 10.2 Å². The number of aromatic nitrogens is 1. The number of benzene rings is 1. The second kappa shape index (κ2) is 6.94. The van der Waals surface area contributed by atoms with Crippen LogP contribution in [-0.2, 0) is 0 Å². The molecule has 2 rings (SSSR count). The van der Waals surface area contributed by atoms with E-state index < -0.39 is 0 Å². The Morgan fingerprint density at radius 2 is 1.95 bits per heavy atom. The lowest BCUT2D eigenvalue weighted by Crippen LogP contribution is -2.00. The number of nitrogen functional groups attached to an aromatic ring is 1. The molecule has 0 fully saturated rings. The zero-order chi connectivity index (χ0) is 15.4. The van der Waals surface area contributed by atoms with Crippen molar-refractivity contribution in [2.24, 2.45) is 0 Å². The van der Waals surface area contributed by atoms with E-state index in [1.165, 1.54) is 12.1 Å². The van der Waals surface area contributed by atoms with Crippen LogP contribution >= 0.6 is 11.6 Å². The third-order valence-electron chi connectivity index (χ3n) is 3.59. The predicted molar refractivity (Wildman–Crippen MR) is 83.9 cm³/mol. The summed E-state index contributed by atoms with van der Waals surface area (Å²) < 4.78 is 18.7. The molecule has 0 aliphatic rings. The molecule has 1 heterocycles. The number of hydrogen-bond acceptors (Lipinski definition) is 3. The summed E-state index contributed by atoms with van der Waals surface area (Å²) in [6.45, 7) is 4.26. The molecule has 3 nitrogen and oxygen atoms in total. The zero-order valence-electron chi connectivity index (χ0n) is 12.3. The predicted octanol–water partition coefficient (Wildman–Crippen LogP) is 5.40. The lowest BCUT2D eigenvalue weighted by Gasteiger charge is -2.14. The molecule has 0 bridgehead atoms. The Morgan fingerprint density at radius 3 is 2.52 bits per heavy atom. The van der Waals surface area contributed by atoms with Crippen molar-refractivity contribution in [1.82, 2.24) is 5.16 Å². The lowest BCUT2D eigenvalue weighted by atomic mass is 9.91. The van der Waals surface area contributed by atoms with E-state index in [1.807, 2.05) is 0 Å². The van der Waals surface area contributed by atoms with E-state index in [1.54, 1.807) is 6.07 Å². The highest BCUT2D eigenvalue weighted by molar-refractivity contribution is 6.33. The Morgan fingerprint density at radius 1 is 1.29 bits per heavy atom. The molecule has 0 radical (unpaired) electrons. The van der Waals surface area contributed by atoms with Crippen molar-refractivity contribution in [2.45, 2.75) is 45.4 Å². The molecule has 0 saturated heterocycles. The fourth-order valence-electron chi connectivity index (χ4n) is 2.66. The second-order valence-electron chi connectivity index (χ2n) is 5.21. The Balaban J connectivity index is 2.50. The van der Waals surface area contributed by atoms with Gasteiger partial charge < -0.3 is 10.3 Å².